The molecular formula is C22H15FN2O2. The largest absolute Gasteiger partial charge is 0.509 e. The molecule has 132 valence electrons. The van der Waals surface area contributed by atoms with E-state index in [4.69, 9.17) is 11.3 Å². The van der Waals surface area contributed by atoms with Gasteiger partial charge in [-0.15, -0.1) is 0 Å². The van der Waals surface area contributed by atoms with Crippen molar-refractivity contribution in [1.29, 1.82) is 0 Å². The first-order valence-corrected chi connectivity index (χ1v) is 8.34. The molecule has 5 heteroatoms. The summed E-state index contributed by atoms with van der Waals surface area (Å²) in [5.74, 6) is -0.278. The first-order valence-electron chi connectivity index (χ1n) is 8.34. The molecule has 4 nitrogen and oxygen atoms in total. The Morgan fingerprint density at radius 2 is 1.85 bits per heavy atom. The Bertz CT molecular complexity index is 1160. The fourth-order valence-corrected chi connectivity index (χ4v) is 2.99. The molecule has 0 radical (unpaired) electrons. The van der Waals surface area contributed by atoms with Gasteiger partial charge in [-0.25, -0.2) is 9.24 Å². The first-order chi connectivity index (χ1) is 13.2. The number of ether oxygens (including phenoxy) is 1. The molecule has 4 aromatic rings. The number of phenolic OH excluding ortho intramolecular Hbond substituents is 1. The van der Waals surface area contributed by atoms with Crippen molar-refractivity contribution >= 4 is 16.6 Å². The summed E-state index contributed by atoms with van der Waals surface area (Å²) in [4.78, 5) is 3.36. The van der Waals surface area contributed by atoms with Crippen LogP contribution in [0.3, 0.4) is 0 Å². The maximum atomic E-state index is 14.5. The van der Waals surface area contributed by atoms with E-state index in [0.717, 1.165) is 5.56 Å². The van der Waals surface area contributed by atoms with Crippen LogP contribution in [-0.2, 0) is 6.61 Å². The lowest BCUT2D eigenvalue weighted by Gasteiger charge is -2.11. The van der Waals surface area contributed by atoms with Gasteiger partial charge in [-0.1, -0.05) is 30.3 Å². The second-order valence-electron chi connectivity index (χ2n) is 6.08. The summed E-state index contributed by atoms with van der Waals surface area (Å²) < 4.78 is 21.8. The summed E-state index contributed by atoms with van der Waals surface area (Å²) in [6.45, 7) is 7.43. The minimum Gasteiger partial charge on any atom is -0.509 e. The van der Waals surface area contributed by atoms with E-state index < -0.39 is 5.82 Å². The third kappa shape index (κ3) is 3.21. The molecule has 1 heterocycles. The minimum absolute atomic E-state index is 0.0283. The monoisotopic (exact) mass is 358 g/mol. The Morgan fingerprint density at radius 1 is 1.04 bits per heavy atom. The van der Waals surface area contributed by atoms with E-state index in [9.17, 15) is 9.50 Å². The van der Waals surface area contributed by atoms with E-state index in [1.165, 1.54) is 12.1 Å². The highest BCUT2D eigenvalue weighted by molar-refractivity contribution is 5.91. The van der Waals surface area contributed by atoms with Gasteiger partial charge in [0.1, 0.15) is 12.4 Å². The van der Waals surface area contributed by atoms with Gasteiger partial charge in [0.05, 0.1) is 6.57 Å². The van der Waals surface area contributed by atoms with E-state index in [1.807, 2.05) is 30.3 Å². The number of halogens is 1. The Kier molecular flexibility index (Phi) is 4.23. The van der Waals surface area contributed by atoms with Crippen molar-refractivity contribution in [3.8, 4) is 17.2 Å². The van der Waals surface area contributed by atoms with Crippen LogP contribution in [0.25, 0.3) is 21.4 Å². The van der Waals surface area contributed by atoms with E-state index in [0.29, 0.717) is 22.3 Å². The fraction of sp³-hybridized carbons (Fsp3) is 0.0455. The molecule has 0 saturated heterocycles. The van der Waals surface area contributed by atoms with Gasteiger partial charge in [0.15, 0.2) is 17.3 Å². The van der Waals surface area contributed by atoms with E-state index >= 15 is 0 Å². The van der Waals surface area contributed by atoms with Crippen molar-refractivity contribution in [2.45, 2.75) is 6.61 Å². The quantitative estimate of drug-likeness (QED) is 0.482. The predicted molar refractivity (Wildman–Crippen MR) is 102 cm³/mol. The zero-order chi connectivity index (χ0) is 18.8. The molecule has 27 heavy (non-hydrogen) atoms. The van der Waals surface area contributed by atoms with Crippen molar-refractivity contribution in [2.24, 2.45) is 0 Å². The van der Waals surface area contributed by atoms with E-state index in [1.54, 1.807) is 35.0 Å². The average Bonchev–Trinajstić information content (AvgIpc) is 3.12. The third-order valence-electron chi connectivity index (χ3n) is 4.33. The lowest BCUT2D eigenvalue weighted by Crippen LogP contribution is -1.99. The van der Waals surface area contributed by atoms with Gasteiger partial charge in [-0.05, 0) is 35.9 Å². The molecule has 1 aromatic heterocycles. The molecule has 0 atom stereocenters. The standard InChI is InChI=1S/C22H15FN2O2/c1-24-16-11-20-18(21(26)12-16)9-10-25(20)17-7-8-22(19(23)13-17)27-14-15-5-3-2-4-6-15/h2-13,26H,14H2. The maximum Gasteiger partial charge on any atom is 0.192 e. The summed E-state index contributed by atoms with van der Waals surface area (Å²) in [6.07, 6.45) is 1.73. The second-order valence-corrected chi connectivity index (χ2v) is 6.08. The van der Waals surface area contributed by atoms with Crippen LogP contribution in [0.4, 0.5) is 10.1 Å². The molecule has 4 rings (SSSR count). The van der Waals surface area contributed by atoms with Crippen molar-refractivity contribution in [1.82, 2.24) is 4.57 Å². The summed E-state index contributed by atoms with van der Waals surface area (Å²) in [7, 11) is 0. The smallest absolute Gasteiger partial charge is 0.192 e. The van der Waals surface area contributed by atoms with Crippen LogP contribution in [-0.4, -0.2) is 9.67 Å². The van der Waals surface area contributed by atoms with Crippen LogP contribution in [0.5, 0.6) is 11.5 Å². The molecule has 0 aliphatic rings. The molecule has 0 bridgehead atoms. The molecule has 1 N–H and O–H groups in total. The number of hydrogen-bond acceptors (Lipinski definition) is 2. The number of rotatable bonds is 4. The highest BCUT2D eigenvalue weighted by Crippen LogP contribution is 2.33. The molecule has 0 aliphatic carbocycles. The zero-order valence-corrected chi connectivity index (χ0v) is 14.3. The number of benzene rings is 3. The second kappa shape index (κ2) is 6.85. The molecule has 0 amide bonds. The molecule has 0 spiro atoms. The summed E-state index contributed by atoms with van der Waals surface area (Å²) >= 11 is 0. The van der Waals surface area contributed by atoms with Crippen LogP contribution in [0, 0.1) is 12.4 Å². The summed E-state index contributed by atoms with van der Waals surface area (Å²) in [5.41, 5.74) is 2.50. The van der Waals surface area contributed by atoms with Gasteiger partial charge in [-0.3, -0.25) is 0 Å². The minimum atomic E-state index is -0.476. The molecule has 0 saturated carbocycles. The summed E-state index contributed by atoms with van der Waals surface area (Å²) in [5, 5.41) is 10.7. The van der Waals surface area contributed by atoms with Crippen molar-refractivity contribution in [2.75, 3.05) is 0 Å². The SMILES string of the molecule is [C-]#[N+]c1cc(O)c2ccn(-c3ccc(OCc4ccccc4)c(F)c3)c2c1. The number of hydrogen-bond donors (Lipinski definition) is 1. The van der Waals surface area contributed by atoms with Crippen LogP contribution in [0.2, 0.25) is 0 Å². The van der Waals surface area contributed by atoms with Gasteiger partial charge in [0.2, 0.25) is 0 Å². The van der Waals surface area contributed by atoms with E-state index in [-0.39, 0.29) is 18.1 Å². The molecular weight excluding hydrogens is 343 g/mol. The Hall–Kier alpha value is -3.78. The van der Waals surface area contributed by atoms with Crippen LogP contribution in [0.1, 0.15) is 5.56 Å². The van der Waals surface area contributed by atoms with Crippen LogP contribution in [0.15, 0.2) is 72.9 Å². The zero-order valence-electron chi connectivity index (χ0n) is 14.3. The number of fused-ring (bicyclic) bond motifs is 1. The van der Waals surface area contributed by atoms with Gasteiger partial charge < -0.3 is 14.4 Å². The fourth-order valence-electron chi connectivity index (χ4n) is 2.99. The Balaban J connectivity index is 1.66. The average molecular weight is 358 g/mol. The molecule has 3 aromatic carbocycles. The highest BCUT2D eigenvalue weighted by atomic mass is 19.1. The number of aromatic nitrogens is 1. The molecule has 0 unspecified atom stereocenters. The Labute approximate surface area is 155 Å². The van der Waals surface area contributed by atoms with Crippen LogP contribution >= 0.6 is 0 Å². The topological polar surface area (TPSA) is 38.8 Å². The molecule has 0 fully saturated rings. The lowest BCUT2D eigenvalue weighted by atomic mass is 10.2. The van der Waals surface area contributed by atoms with Gasteiger partial charge in [0, 0.05) is 28.9 Å². The Morgan fingerprint density at radius 3 is 2.59 bits per heavy atom. The normalized spacial score (nSPS) is 10.7. The number of aromatic hydroxyl groups is 1. The van der Waals surface area contributed by atoms with Gasteiger partial charge in [-0.2, -0.15) is 0 Å². The molecule has 0 aliphatic heterocycles. The third-order valence-corrected chi connectivity index (χ3v) is 4.33. The van der Waals surface area contributed by atoms with Crippen LogP contribution < -0.4 is 4.74 Å². The number of phenols is 1. The lowest BCUT2D eigenvalue weighted by molar-refractivity contribution is 0.290. The number of nitrogens with zero attached hydrogens (tertiary/aromatic N) is 2. The van der Waals surface area contributed by atoms with Crippen molar-refractivity contribution in [3.63, 3.8) is 0 Å². The van der Waals surface area contributed by atoms with Crippen molar-refractivity contribution in [3.05, 3.63) is 95.7 Å². The van der Waals surface area contributed by atoms with E-state index in [2.05, 4.69) is 4.85 Å². The first kappa shape index (κ1) is 16.7. The highest BCUT2D eigenvalue weighted by Gasteiger charge is 2.11. The van der Waals surface area contributed by atoms with Gasteiger partial charge >= 0.3 is 0 Å². The van der Waals surface area contributed by atoms with Gasteiger partial charge in [0.25, 0.3) is 0 Å². The predicted octanol–water partition coefficient (Wildman–Crippen LogP) is 5.60. The van der Waals surface area contributed by atoms with Crippen molar-refractivity contribution < 1.29 is 14.2 Å². The maximum absolute atomic E-state index is 14.5. The summed E-state index contributed by atoms with van der Waals surface area (Å²) in [6, 6.07) is 19.1.